The number of hydrogen-bond acceptors (Lipinski definition) is 6. The zero-order valence-electron chi connectivity index (χ0n) is 19.4. The first-order chi connectivity index (χ1) is 17.0. The lowest BCUT2D eigenvalue weighted by Gasteiger charge is -2.30. The molecule has 2 aliphatic heterocycles. The Balaban J connectivity index is 1.36. The molecule has 1 amide bonds. The maximum absolute atomic E-state index is 12.8. The molecule has 2 heterocycles. The number of hydrogen-bond donors (Lipinski definition) is 2. The van der Waals surface area contributed by atoms with Crippen molar-refractivity contribution in [3.05, 3.63) is 76.1 Å². The van der Waals surface area contributed by atoms with Crippen LogP contribution in [-0.2, 0) is 14.3 Å². The first-order valence-electron chi connectivity index (χ1n) is 11.9. The Morgan fingerprint density at radius 3 is 2.83 bits per heavy atom. The normalized spacial score (nSPS) is 19.6. The van der Waals surface area contributed by atoms with Gasteiger partial charge in [0.2, 0.25) is 5.91 Å². The van der Waals surface area contributed by atoms with E-state index in [1.165, 1.54) is 12.5 Å². The van der Waals surface area contributed by atoms with Crippen LogP contribution in [0.1, 0.15) is 32.1 Å². The molecule has 1 aromatic carbocycles. The lowest BCUT2D eigenvalue weighted by molar-refractivity contribution is -0.123. The fourth-order valence-corrected chi connectivity index (χ4v) is 4.54. The fourth-order valence-electron chi connectivity index (χ4n) is 4.20. The molecule has 2 atom stereocenters. The second kappa shape index (κ2) is 12.5. The lowest BCUT2D eigenvalue weighted by atomic mass is 10.0. The number of aliphatic hydroxyl groups excluding tert-OH is 1. The first-order valence-corrected chi connectivity index (χ1v) is 12.6. The molecule has 0 saturated carbocycles. The van der Waals surface area contributed by atoms with Crippen LogP contribution in [0.4, 0.5) is 0 Å². The minimum atomic E-state index is -1.08. The SMILES string of the molecule is O=C(CCOc1cc(Cl)ccc1Cl)N[C@H](CN1CCCC1)[C@@H](O)C1=COC=C(C2=CC=CCC2)O1. The molecule has 0 radical (unpaired) electrons. The number of rotatable bonds is 10. The topological polar surface area (TPSA) is 80.3 Å². The van der Waals surface area contributed by atoms with Gasteiger partial charge in [0.25, 0.3) is 0 Å². The Morgan fingerprint density at radius 2 is 2.06 bits per heavy atom. The van der Waals surface area contributed by atoms with Crippen LogP contribution in [-0.4, -0.2) is 54.3 Å². The van der Waals surface area contributed by atoms with Gasteiger partial charge in [0.1, 0.15) is 24.4 Å². The van der Waals surface area contributed by atoms with Crippen molar-refractivity contribution in [2.75, 3.05) is 26.2 Å². The largest absolute Gasteiger partial charge is 0.491 e. The van der Waals surface area contributed by atoms with Crippen LogP contribution in [0.25, 0.3) is 0 Å². The summed E-state index contributed by atoms with van der Waals surface area (Å²) in [5.74, 6) is 1.01. The van der Waals surface area contributed by atoms with E-state index in [1.807, 2.05) is 12.2 Å². The van der Waals surface area contributed by atoms with E-state index in [1.54, 1.807) is 18.2 Å². The van der Waals surface area contributed by atoms with Gasteiger partial charge < -0.3 is 29.5 Å². The Labute approximate surface area is 215 Å². The van der Waals surface area contributed by atoms with Crippen molar-refractivity contribution in [2.24, 2.45) is 0 Å². The zero-order chi connectivity index (χ0) is 24.6. The van der Waals surface area contributed by atoms with E-state index < -0.39 is 12.1 Å². The molecule has 0 aromatic heterocycles. The van der Waals surface area contributed by atoms with Crippen molar-refractivity contribution in [1.82, 2.24) is 10.2 Å². The van der Waals surface area contributed by atoms with Gasteiger partial charge in [-0.15, -0.1) is 0 Å². The second-order valence-electron chi connectivity index (χ2n) is 8.70. The van der Waals surface area contributed by atoms with Crippen LogP contribution in [0.5, 0.6) is 5.75 Å². The second-order valence-corrected chi connectivity index (χ2v) is 9.54. The highest BCUT2D eigenvalue weighted by Gasteiger charge is 2.31. The highest BCUT2D eigenvalue weighted by atomic mass is 35.5. The molecule has 1 aromatic rings. The van der Waals surface area contributed by atoms with E-state index in [2.05, 4.69) is 16.3 Å². The molecule has 0 unspecified atom stereocenters. The van der Waals surface area contributed by atoms with Crippen molar-refractivity contribution in [3.8, 4) is 5.75 Å². The fraction of sp³-hybridized carbons (Fsp3) is 0.423. The van der Waals surface area contributed by atoms with Gasteiger partial charge in [-0.3, -0.25) is 4.79 Å². The summed E-state index contributed by atoms with van der Waals surface area (Å²) in [7, 11) is 0. The summed E-state index contributed by atoms with van der Waals surface area (Å²) in [5.41, 5.74) is 1.00. The van der Waals surface area contributed by atoms with Crippen LogP contribution in [0.15, 0.2) is 66.0 Å². The van der Waals surface area contributed by atoms with Crippen LogP contribution in [0, 0.1) is 0 Å². The average molecular weight is 521 g/mol. The molecule has 35 heavy (non-hydrogen) atoms. The summed E-state index contributed by atoms with van der Waals surface area (Å²) >= 11 is 12.1. The molecular formula is C26H30Cl2N2O5. The molecule has 1 fully saturated rings. The quantitative estimate of drug-likeness (QED) is 0.465. The summed E-state index contributed by atoms with van der Waals surface area (Å²) in [5, 5.41) is 15.1. The molecule has 1 aliphatic carbocycles. The number of allylic oxidation sites excluding steroid dienone is 4. The van der Waals surface area contributed by atoms with Gasteiger partial charge in [0.05, 0.1) is 24.1 Å². The maximum Gasteiger partial charge on any atom is 0.223 e. The van der Waals surface area contributed by atoms with E-state index >= 15 is 0 Å². The van der Waals surface area contributed by atoms with E-state index in [0.717, 1.165) is 44.3 Å². The van der Waals surface area contributed by atoms with Gasteiger partial charge in [-0.2, -0.15) is 0 Å². The average Bonchev–Trinajstić information content (AvgIpc) is 3.39. The van der Waals surface area contributed by atoms with Gasteiger partial charge in [0, 0.05) is 17.6 Å². The number of aliphatic hydroxyl groups is 1. The molecule has 7 nitrogen and oxygen atoms in total. The van der Waals surface area contributed by atoms with Gasteiger partial charge in [-0.25, -0.2) is 0 Å². The highest BCUT2D eigenvalue weighted by molar-refractivity contribution is 6.34. The van der Waals surface area contributed by atoms with Gasteiger partial charge in [0.15, 0.2) is 11.5 Å². The van der Waals surface area contributed by atoms with Gasteiger partial charge in [-0.05, 0) is 56.5 Å². The Kier molecular flexibility index (Phi) is 9.15. The summed E-state index contributed by atoms with van der Waals surface area (Å²) in [6, 6.07) is 4.34. The smallest absolute Gasteiger partial charge is 0.223 e. The zero-order valence-corrected chi connectivity index (χ0v) is 20.9. The molecule has 0 spiro atoms. The number of ether oxygens (including phenoxy) is 3. The van der Waals surface area contributed by atoms with E-state index in [9.17, 15) is 9.90 Å². The number of halogens is 2. The lowest BCUT2D eigenvalue weighted by Crippen LogP contribution is -2.51. The number of nitrogens with one attached hydrogen (secondary N) is 1. The van der Waals surface area contributed by atoms with Crippen LogP contribution in [0.2, 0.25) is 10.0 Å². The van der Waals surface area contributed by atoms with Crippen molar-refractivity contribution in [1.29, 1.82) is 0 Å². The molecule has 188 valence electrons. The van der Waals surface area contributed by atoms with Gasteiger partial charge >= 0.3 is 0 Å². The first kappa shape index (κ1) is 25.6. The molecule has 2 N–H and O–H groups in total. The minimum absolute atomic E-state index is 0.0901. The molecule has 0 bridgehead atoms. The predicted octanol–water partition coefficient (Wildman–Crippen LogP) is 4.71. The molecule has 3 aliphatic rings. The summed E-state index contributed by atoms with van der Waals surface area (Å²) in [6.07, 6.45) is 11.9. The van der Waals surface area contributed by atoms with Gasteiger partial charge in [-0.1, -0.05) is 41.4 Å². The van der Waals surface area contributed by atoms with Crippen LogP contribution in [0.3, 0.4) is 0 Å². The number of nitrogens with zero attached hydrogens (tertiary/aromatic N) is 1. The van der Waals surface area contributed by atoms with Crippen LogP contribution < -0.4 is 10.1 Å². The maximum atomic E-state index is 12.8. The van der Waals surface area contributed by atoms with E-state index in [-0.39, 0.29) is 24.7 Å². The Morgan fingerprint density at radius 1 is 1.23 bits per heavy atom. The third-order valence-electron chi connectivity index (χ3n) is 6.07. The number of benzene rings is 1. The minimum Gasteiger partial charge on any atom is -0.491 e. The number of carbonyl (C=O) groups excluding carboxylic acids is 1. The molecular weight excluding hydrogens is 491 g/mol. The standard InChI is InChI=1S/C26H30Cl2N2O5/c27-19-8-9-20(28)22(14-19)34-13-10-25(31)29-21(15-30-11-4-5-12-30)26(32)24-17-33-16-23(35-24)18-6-2-1-3-7-18/h1-2,6,8-9,14,16-17,21,26,32H,3-5,7,10-13,15H2,(H,29,31)/t21-,26-/m1/s1. The molecule has 1 saturated heterocycles. The summed E-state index contributed by atoms with van der Waals surface area (Å²) in [4.78, 5) is 15.0. The van der Waals surface area contributed by atoms with Crippen molar-refractivity contribution < 1.29 is 24.1 Å². The molecule has 9 heteroatoms. The predicted molar refractivity (Wildman–Crippen MR) is 135 cm³/mol. The third-order valence-corrected chi connectivity index (χ3v) is 6.62. The number of likely N-dealkylation sites (tertiary alicyclic amines) is 1. The van der Waals surface area contributed by atoms with Crippen LogP contribution >= 0.6 is 23.2 Å². The number of carbonyl (C=O) groups is 1. The summed E-state index contributed by atoms with van der Waals surface area (Å²) in [6.45, 7) is 2.47. The Hall–Kier alpha value is -2.45. The van der Waals surface area contributed by atoms with E-state index in [4.69, 9.17) is 37.4 Å². The van der Waals surface area contributed by atoms with Crippen molar-refractivity contribution in [3.63, 3.8) is 0 Å². The third kappa shape index (κ3) is 7.27. The summed E-state index contributed by atoms with van der Waals surface area (Å²) < 4.78 is 17.1. The van der Waals surface area contributed by atoms with Crippen molar-refractivity contribution >= 4 is 29.1 Å². The molecule has 4 rings (SSSR count). The van der Waals surface area contributed by atoms with E-state index in [0.29, 0.717) is 28.1 Å². The highest BCUT2D eigenvalue weighted by Crippen LogP contribution is 2.29. The number of amides is 1. The van der Waals surface area contributed by atoms with Crippen molar-refractivity contribution in [2.45, 2.75) is 44.2 Å². The monoisotopic (exact) mass is 520 g/mol. The Bertz CT molecular complexity index is 1030.